The monoisotopic (exact) mass is 658 g/mol. The topological polar surface area (TPSA) is 107 Å². The van der Waals surface area contributed by atoms with Gasteiger partial charge in [-0.2, -0.15) is 0 Å². The molecule has 11 unspecified atom stereocenters. The Labute approximate surface area is 280 Å². The molecule has 11 atom stereocenters. The maximum Gasteiger partial charge on any atom is 0.407 e. The first-order valence-electron chi connectivity index (χ1n) is 18.5. The van der Waals surface area contributed by atoms with Crippen LogP contribution in [0, 0.1) is 45.8 Å². The number of hydrogen-bond acceptors (Lipinski definition) is 7. The van der Waals surface area contributed by atoms with Gasteiger partial charge in [-0.05, 0) is 110 Å². The number of rotatable bonds is 9. The highest BCUT2D eigenvalue weighted by Crippen LogP contribution is 2.86. The Bertz CT molecular complexity index is 1230. The SMILES string of the molecule is COCCO/C=C1/C(OC2CN(C(=O)C(C)C)CCO2)CCC23CC24CCC2(C)C5CCC(CN(C)C(=O)O)OC5CC2C4CCC13. The van der Waals surface area contributed by atoms with E-state index in [0.29, 0.717) is 73.5 Å². The minimum atomic E-state index is -0.882. The molecular formula is C37H58N2O8. The molecule has 0 bridgehead atoms. The van der Waals surface area contributed by atoms with Crippen LogP contribution in [0.1, 0.15) is 85.0 Å². The zero-order valence-electron chi connectivity index (χ0n) is 29.3. The molecule has 0 aromatic rings. The lowest BCUT2D eigenvalue weighted by Gasteiger charge is -2.56. The molecule has 0 radical (unpaired) electrons. The van der Waals surface area contributed by atoms with Gasteiger partial charge in [0.1, 0.15) is 6.61 Å². The van der Waals surface area contributed by atoms with Crippen LogP contribution in [0.25, 0.3) is 0 Å². The summed E-state index contributed by atoms with van der Waals surface area (Å²) in [5, 5.41) is 9.43. The molecule has 10 heteroatoms. The zero-order valence-corrected chi connectivity index (χ0v) is 29.3. The van der Waals surface area contributed by atoms with Crippen molar-refractivity contribution in [1.29, 1.82) is 0 Å². The summed E-state index contributed by atoms with van der Waals surface area (Å²) in [5.74, 6) is 2.53. The smallest absolute Gasteiger partial charge is 0.407 e. The highest BCUT2D eigenvalue weighted by Gasteiger charge is 2.79. The summed E-state index contributed by atoms with van der Waals surface area (Å²) < 4.78 is 31.0. The van der Waals surface area contributed by atoms with Crippen molar-refractivity contribution in [3.63, 3.8) is 0 Å². The molecule has 264 valence electrons. The number of ether oxygens (including phenoxy) is 5. The predicted octanol–water partition coefficient (Wildman–Crippen LogP) is 5.55. The Kier molecular flexibility index (Phi) is 9.14. The summed E-state index contributed by atoms with van der Waals surface area (Å²) in [7, 11) is 3.35. The number of likely N-dealkylation sites (N-methyl/N-ethyl adjacent to an activating group) is 1. The molecule has 0 aromatic carbocycles. The second kappa shape index (κ2) is 12.8. The molecule has 10 nitrogen and oxygen atoms in total. The van der Waals surface area contributed by atoms with Crippen LogP contribution < -0.4 is 0 Å². The molecule has 0 aromatic heterocycles. The molecule has 2 amide bonds. The van der Waals surface area contributed by atoms with Gasteiger partial charge in [0.2, 0.25) is 5.91 Å². The van der Waals surface area contributed by atoms with E-state index in [2.05, 4.69) is 6.92 Å². The Balaban J connectivity index is 1.07. The molecular weight excluding hydrogens is 600 g/mol. The number of carboxylic acid groups (broad SMARTS) is 1. The number of morpholine rings is 1. The van der Waals surface area contributed by atoms with Gasteiger partial charge in [0.05, 0.1) is 44.3 Å². The molecule has 2 saturated heterocycles. The van der Waals surface area contributed by atoms with E-state index in [-0.39, 0.29) is 30.1 Å². The van der Waals surface area contributed by atoms with Gasteiger partial charge < -0.3 is 38.6 Å². The normalized spacial score (nSPS) is 44.6. The maximum absolute atomic E-state index is 12.8. The minimum Gasteiger partial charge on any atom is -0.499 e. The van der Waals surface area contributed by atoms with Crippen molar-refractivity contribution in [2.75, 3.05) is 53.6 Å². The van der Waals surface area contributed by atoms with Gasteiger partial charge in [-0.3, -0.25) is 4.79 Å². The van der Waals surface area contributed by atoms with Crippen LogP contribution in [0.2, 0.25) is 0 Å². The van der Waals surface area contributed by atoms with Gasteiger partial charge in [-0.25, -0.2) is 4.79 Å². The highest BCUT2D eigenvalue weighted by molar-refractivity contribution is 5.78. The van der Waals surface area contributed by atoms with Crippen LogP contribution in [-0.4, -0.2) is 105 Å². The lowest BCUT2D eigenvalue weighted by Crippen LogP contribution is -2.52. The van der Waals surface area contributed by atoms with E-state index in [1.165, 1.54) is 42.6 Å². The first-order valence-corrected chi connectivity index (χ1v) is 18.5. The second-order valence-corrected chi connectivity index (χ2v) is 16.6. The van der Waals surface area contributed by atoms with Crippen LogP contribution in [0.5, 0.6) is 0 Å². The van der Waals surface area contributed by atoms with Crippen LogP contribution in [0.15, 0.2) is 11.8 Å². The average molecular weight is 659 g/mol. The van der Waals surface area contributed by atoms with Crippen LogP contribution in [0.4, 0.5) is 4.79 Å². The molecule has 7 rings (SSSR count). The van der Waals surface area contributed by atoms with Gasteiger partial charge in [0, 0.05) is 33.2 Å². The Morgan fingerprint density at radius 1 is 1.06 bits per heavy atom. The summed E-state index contributed by atoms with van der Waals surface area (Å²) in [6.07, 6.45) is 12.5. The first-order chi connectivity index (χ1) is 22.5. The van der Waals surface area contributed by atoms with E-state index in [1.54, 1.807) is 14.2 Å². The van der Waals surface area contributed by atoms with Gasteiger partial charge in [-0.1, -0.05) is 20.8 Å². The van der Waals surface area contributed by atoms with Crippen molar-refractivity contribution >= 4 is 12.0 Å². The summed E-state index contributed by atoms with van der Waals surface area (Å²) in [4.78, 5) is 27.5. The van der Waals surface area contributed by atoms with Crippen LogP contribution >= 0.6 is 0 Å². The third-order valence-corrected chi connectivity index (χ3v) is 14.2. The van der Waals surface area contributed by atoms with E-state index in [4.69, 9.17) is 23.7 Å². The average Bonchev–Trinajstić information content (AvgIpc) is 3.63. The van der Waals surface area contributed by atoms with Gasteiger partial charge in [0.15, 0.2) is 6.29 Å². The fourth-order valence-corrected chi connectivity index (χ4v) is 12.0. The molecule has 47 heavy (non-hydrogen) atoms. The molecule has 7 fully saturated rings. The molecule has 2 heterocycles. The molecule has 7 aliphatic rings. The quantitative estimate of drug-likeness (QED) is 0.254. The molecule has 1 N–H and O–H groups in total. The van der Waals surface area contributed by atoms with Crippen LogP contribution in [-0.2, 0) is 28.5 Å². The van der Waals surface area contributed by atoms with Gasteiger partial charge in [0.25, 0.3) is 0 Å². The van der Waals surface area contributed by atoms with E-state index >= 15 is 0 Å². The van der Waals surface area contributed by atoms with Crippen molar-refractivity contribution in [3.05, 3.63) is 11.8 Å². The summed E-state index contributed by atoms with van der Waals surface area (Å²) >= 11 is 0. The van der Waals surface area contributed by atoms with Gasteiger partial charge >= 0.3 is 6.09 Å². The predicted molar refractivity (Wildman–Crippen MR) is 174 cm³/mol. The number of carbonyl (C=O) groups excluding carboxylic acids is 1. The third kappa shape index (κ3) is 5.61. The van der Waals surface area contributed by atoms with E-state index in [1.807, 2.05) is 25.0 Å². The Hall–Kier alpha value is -1.88. The molecule has 5 saturated carbocycles. The van der Waals surface area contributed by atoms with Crippen molar-refractivity contribution in [2.45, 2.75) is 110 Å². The lowest BCUT2D eigenvalue weighted by molar-refractivity contribution is -0.206. The molecule has 2 spiro atoms. The molecule has 2 aliphatic heterocycles. The fraction of sp³-hybridized carbons (Fsp3) is 0.892. The maximum atomic E-state index is 12.8. The zero-order chi connectivity index (χ0) is 33.1. The molecule has 5 aliphatic carbocycles. The largest absolute Gasteiger partial charge is 0.499 e. The Morgan fingerprint density at radius 2 is 1.87 bits per heavy atom. The summed E-state index contributed by atoms with van der Waals surface area (Å²) in [6, 6.07) is 0. The van der Waals surface area contributed by atoms with E-state index in [9.17, 15) is 14.7 Å². The Morgan fingerprint density at radius 3 is 2.64 bits per heavy atom. The van der Waals surface area contributed by atoms with Gasteiger partial charge in [-0.15, -0.1) is 0 Å². The number of fused-ring (bicyclic) bond motifs is 4. The van der Waals surface area contributed by atoms with Crippen molar-refractivity contribution in [1.82, 2.24) is 9.80 Å². The fourth-order valence-electron chi connectivity index (χ4n) is 12.0. The highest BCUT2D eigenvalue weighted by atomic mass is 16.7. The second-order valence-electron chi connectivity index (χ2n) is 16.6. The standard InChI is InChI=1S/C37H58N2O8/c1-23(2)33(40)39-14-15-45-32(20-39)47-30-10-11-36-22-37(36)13-12-35(3)28-7-6-24(19-38(4)34(41)42)46-31(28)18-29(35)27(37)9-8-26(36)25(30)21-44-17-16-43-5/h21,23-24,26-32H,6-20,22H2,1-5H3,(H,41,42)/b25-21+. The first kappa shape index (κ1) is 33.6. The number of carbonyl (C=O) groups is 2. The summed E-state index contributed by atoms with van der Waals surface area (Å²) in [5.41, 5.74) is 2.29. The third-order valence-electron chi connectivity index (χ3n) is 14.2. The van der Waals surface area contributed by atoms with Crippen LogP contribution in [0.3, 0.4) is 0 Å². The number of methoxy groups -OCH3 is 1. The number of nitrogens with zero attached hydrogens (tertiary/aromatic N) is 2. The minimum absolute atomic E-state index is 0.00265. The van der Waals surface area contributed by atoms with Crippen molar-refractivity contribution < 1.29 is 38.4 Å². The number of hydrogen-bond donors (Lipinski definition) is 1. The number of amides is 2. The van der Waals surface area contributed by atoms with E-state index in [0.717, 1.165) is 38.0 Å². The van der Waals surface area contributed by atoms with Crippen molar-refractivity contribution in [2.24, 2.45) is 45.8 Å². The summed E-state index contributed by atoms with van der Waals surface area (Å²) in [6.45, 7) is 9.59. The lowest BCUT2D eigenvalue weighted by atomic mass is 9.49. The van der Waals surface area contributed by atoms with E-state index < -0.39 is 12.4 Å². The van der Waals surface area contributed by atoms with Crippen molar-refractivity contribution in [3.8, 4) is 0 Å².